The van der Waals surface area contributed by atoms with E-state index in [2.05, 4.69) is 13.8 Å². The van der Waals surface area contributed by atoms with Gasteiger partial charge in [-0.15, -0.1) is 0 Å². The standard InChI is InChI=1S/C11H22O2.Ti/c1-9(2)7-5-6-8-11(12)13-10(3)4;/h9-10H,5-8H2,1-4H3;. The molecule has 0 aromatic carbocycles. The Bertz CT molecular complexity index is 144. The van der Waals surface area contributed by atoms with Gasteiger partial charge >= 0.3 is 5.97 Å². The summed E-state index contributed by atoms with van der Waals surface area (Å²) >= 11 is 0. The molecule has 0 spiro atoms. The van der Waals surface area contributed by atoms with Gasteiger partial charge in [-0.2, -0.15) is 0 Å². The molecule has 0 unspecified atom stereocenters. The molecule has 0 aliphatic rings. The Balaban J connectivity index is 0. The van der Waals surface area contributed by atoms with Gasteiger partial charge in [-0.3, -0.25) is 4.79 Å². The van der Waals surface area contributed by atoms with E-state index >= 15 is 0 Å². The molecule has 0 bridgehead atoms. The van der Waals surface area contributed by atoms with Crippen LogP contribution in [0.4, 0.5) is 0 Å². The average molecular weight is 234 g/mol. The first-order chi connectivity index (χ1) is 6.02. The van der Waals surface area contributed by atoms with Crippen molar-refractivity contribution < 1.29 is 31.2 Å². The second kappa shape index (κ2) is 9.73. The molecule has 0 amide bonds. The van der Waals surface area contributed by atoms with Crippen molar-refractivity contribution in [3.05, 3.63) is 0 Å². The summed E-state index contributed by atoms with van der Waals surface area (Å²) in [5.41, 5.74) is 0. The van der Waals surface area contributed by atoms with Crippen LogP contribution in [0.25, 0.3) is 0 Å². The Kier molecular flexibility index (Phi) is 11.5. The van der Waals surface area contributed by atoms with Crippen molar-refractivity contribution in [2.24, 2.45) is 5.92 Å². The van der Waals surface area contributed by atoms with Gasteiger partial charge in [0.15, 0.2) is 0 Å². The van der Waals surface area contributed by atoms with Gasteiger partial charge in [0.1, 0.15) is 0 Å². The molecule has 0 fully saturated rings. The summed E-state index contributed by atoms with van der Waals surface area (Å²) in [5, 5.41) is 0. The van der Waals surface area contributed by atoms with Crippen LogP contribution in [0.3, 0.4) is 0 Å². The van der Waals surface area contributed by atoms with E-state index in [1.165, 1.54) is 6.42 Å². The SMILES string of the molecule is CC(C)CCCCC(=O)OC(C)C.[Ti]. The Morgan fingerprint density at radius 1 is 1.14 bits per heavy atom. The number of rotatable bonds is 6. The maximum absolute atomic E-state index is 11.1. The summed E-state index contributed by atoms with van der Waals surface area (Å²) in [5.74, 6) is 0.680. The monoisotopic (exact) mass is 234 g/mol. The van der Waals surface area contributed by atoms with Crippen LogP contribution in [0.2, 0.25) is 0 Å². The van der Waals surface area contributed by atoms with Gasteiger partial charge in [-0.25, -0.2) is 0 Å². The topological polar surface area (TPSA) is 26.3 Å². The second-order valence-corrected chi connectivity index (χ2v) is 4.18. The van der Waals surface area contributed by atoms with Gasteiger partial charge in [0.25, 0.3) is 0 Å². The largest absolute Gasteiger partial charge is 0.463 e. The van der Waals surface area contributed by atoms with E-state index in [4.69, 9.17) is 4.74 Å². The van der Waals surface area contributed by atoms with Gasteiger partial charge in [0.05, 0.1) is 6.10 Å². The molecular weight excluding hydrogens is 212 g/mol. The van der Waals surface area contributed by atoms with E-state index in [1.807, 2.05) is 13.8 Å². The Labute approximate surface area is 103 Å². The zero-order valence-corrected chi connectivity index (χ0v) is 11.4. The van der Waals surface area contributed by atoms with Crippen molar-refractivity contribution in [3.63, 3.8) is 0 Å². The van der Waals surface area contributed by atoms with Gasteiger partial charge in [0.2, 0.25) is 0 Å². The summed E-state index contributed by atoms with van der Waals surface area (Å²) in [6.07, 6.45) is 3.90. The van der Waals surface area contributed by atoms with Crippen molar-refractivity contribution >= 4 is 5.97 Å². The minimum Gasteiger partial charge on any atom is -0.463 e. The number of ether oxygens (including phenoxy) is 1. The molecule has 0 heterocycles. The predicted molar refractivity (Wildman–Crippen MR) is 54.5 cm³/mol. The van der Waals surface area contributed by atoms with Gasteiger partial charge < -0.3 is 4.74 Å². The number of hydrogen-bond donors (Lipinski definition) is 0. The summed E-state index contributed by atoms with van der Waals surface area (Å²) in [7, 11) is 0. The zero-order chi connectivity index (χ0) is 10.3. The van der Waals surface area contributed by atoms with E-state index in [1.54, 1.807) is 0 Å². The third-order valence-electron chi connectivity index (χ3n) is 1.78. The molecule has 0 saturated carbocycles. The summed E-state index contributed by atoms with van der Waals surface area (Å²) in [6, 6.07) is 0. The first kappa shape index (κ1) is 16.6. The van der Waals surface area contributed by atoms with Crippen LogP contribution in [-0.2, 0) is 31.2 Å². The smallest absolute Gasteiger partial charge is 0.306 e. The summed E-state index contributed by atoms with van der Waals surface area (Å²) in [4.78, 5) is 11.1. The molecule has 82 valence electrons. The van der Waals surface area contributed by atoms with Crippen LogP contribution in [0.1, 0.15) is 53.4 Å². The van der Waals surface area contributed by atoms with E-state index in [-0.39, 0.29) is 33.8 Å². The third-order valence-corrected chi connectivity index (χ3v) is 1.78. The van der Waals surface area contributed by atoms with Crippen LogP contribution in [0, 0.1) is 5.92 Å². The molecule has 3 heteroatoms. The van der Waals surface area contributed by atoms with Crippen molar-refractivity contribution in [2.75, 3.05) is 0 Å². The maximum Gasteiger partial charge on any atom is 0.306 e. The Morgan fingerprint density at radius 2 is 1.71 bits per heavy atom. The first-order valence-electron chi connectivity index (χ1n) is 5.22. The maximum atomic E-state index is 11.1. The van der Waals surface area contributed by atoms with Crippen molar-refractivity contribution in [2.45, 2.75) is 59.5 Å². The number of esters is 1. The zero-order valence-electron chi connectivity index (χ0n) is 9.80. The quantitative estimate of drug-likeness (QED) is 0.401. The summed E-state index contributed by atoms with van der Waals surface area (Å²) < 4.78 is 5.02. The molecule has 0 radical (unpaired) electrons. The third kappa shape index (κ3) is 12.2. The number of hydrogen-bond acceptors (Lipinski definition) is 2. The number of carbonyl (C=O) groups is 1. The number of carbonyl (C=O) groups excluding carboxylic acids is 1. The van der Waals surface area contributed by atoms with Crippen LogP contribution >= 0.6 is 0 Å². The van der Waals surface area contributed by atoms with Crippen molar-refractivity contribution in [3.8, 4) is 0 Å². The second-order valence-electron chi connectivity index (χ2n) is 4.18. The minimum absolute atomic E-state index is 0. The first-order valence-corrected chi connectivity index (χ1v) is 5.22. The Hall–Kier alpha value is 0.184. The molecule has 0 aliphatic heterocycles. The van der Waals surface area contributed by atoms with E-state index < -0.39 is 0 Å². The molecule has 0 saturated heterocycles. The molecule has 14 heavy (non-hydrogen) atoms. The van der Waals surface area contributed by atoms with Crippen LogP contribution in [-0.4, -0.2) is 12.1 Å². The van der Waals surface area contributed by atoms with E-state index in [0.29, 0.717) is 6.42 Å². The average Bonchev–Trinajstić information content (AvgIpc) is 1.96. The van der Waals surface area contributed by atoms with Crippen LogP contribution in [0.5, 0.6) is 0 Å². The number of unbranched alkanes of at least 4 members (excludes halogenated alkanes) is 1. The minimum atomic E-state index is -0.0567. The van der Waals surface area contributed by atoms with Crippen LogP contribution < -0.4 is 0 Å². The summed E-state index contributed by atoms with van der Waals surface area (Å²) in [6.45, 7) is 8.16. The van der Waals surface area contributed by atoms with Gasteiger partial charge in [-0.05, 0) is 26.2 Å². The van der Waals surface area contributed by atoms with E-state index in [0.717, 1.165) is 18.8 Å². The van der Waals surface area contributed by atoms with Gasteiger partial charge in [0, 0.05) is 28.1 Å². The molecule has 0 aliphatic carbocycles. The molecule has 0 aromatic heterocycles. The molecule has 0 aromatic rings. The fraction of sp³-hybridized carbons (Fsp3) is 0.909. The molecular formula is C11H22O2Ti. The van der Waals surface area contributed by atoms with Crippen molar-refractivity contribution in [1.82, 2.24) is 0 Å². The fourth-order valence-electron chi connectivity index (χ4n) is 1.14. The molecule has 2 nitrogen and oxygen atoms in total. The molecule has 0 N–H and O–H groups in total. The Morgan fingerprint density at radius 3 is 2.14 bits per heavy atom. The van der Waals surface area contributed by atoms with E-state index in [9.17, 15) is 4.79 Å². The normalized spacial score (nSPS) is 10.1. The fourth-order valence-corrected chi connectivity index (χ4v) is 1.14. The molecule has 0 atom stereocenters. The predicted octanol–water partition coefficient (Wildman–Crippen LogP) is 3.15. The van der Waals surface area contributed by atoms with Gasteiger partial charge in [-0.1, -0.05) is 26.7 Å². The molecule has 0 rings (SSSR count). The van der Waals surface area contributed by atoms with Crippen molar-refractivity contribution in [1.29, 1.82) is 0 Å². The van der Waals surface area contributed by atoms with Crippen LogP contribution in [0.15, 0.2) is 0 Å².